The number of phenols is 1. The van der Waals surface area contributed by atoms with E-state index in [1.54, 1.807) is 18.2 Å². The SMILES string of the molecule is O=C(NCc1cccc(C(=O)N2CCCC2)c1)c1cc(Br)ccc1O. The second-order valence-electron chi connectivity index (χ2n) is 6.04. The highest BCUT2D eigenvalue weighted by molar-refractivity contribution is 9.10. The van der Waals surface area contributed by atoms with Crippen molar-refractivity contribution in [2.45, 2.75) is 19.4 Å². The Morgan fingerprint density at radius 1 is 1.12 bits per heavy atom. The van der Waals surface area contributed by atoms with Crippen molar-refractivity contribution in [1.82, 2.24) is 10.2 Å². The molecule has 130 valence electrons. The third-order valence-corrected chi connectivity index (χ3v) is 4.72. The minimum absolute atomic E-state index is 0.0373. The Balaban J connectivity index is 1.67. The minimum Gasteiger partial charge on any atom is -0.507 e. The number of amides is 2. The third-order valence-electron chi connectivity index (χ3n) is 4.22. The van der Waals surface area contributed by atoms with Crippen LogP contribution in [0, 0.1) is 0 Å². The highest BCUT2D eigenvalue weighted by atomic mass is 79.9. The predicted octanol–water partition coefficient (Wildman–Crippen LogP) is 3.32. The van der Waals surface area contributed by atoms with Gasteiger partial charge in [-0.25, -0.2) is 0 Å². The van der Waals surface area contributed by atoms with Gasteiger partial charge in [-0.3, -0.25) is 9.59 Å². The molecule has 0 saturated carbocycles. The van der Waals surface area contributed by atoms with Gasteiger partial charge in [0.15, 0.2) is 0 Å². The molecule has 1 fully saturated rings. The van der Waals surface area contributed by atoms with Gasteiger partial charge in [0, 0.05) is 29.7 Å². The van der Waals surface area contributed by atoms with Crippen LogP contribution < -0.4 is 5.32 Å². The van der Waals surface area contributed by atoms with Crippen molar-refractivity contribution in [2.75, 3.05) is 13.1 Å². The molecule has 3 rings (SSSR count). The van der Waals surface area contributed by atoms with Crippen LogP contribution in [0.3, 0.4) is 0 Å². The van der Waals surface area contributed by atoms with Crippen molar-refractivity contribution in [1.29, 1.82) is 0 Å². The zero-order chi connectivity index (χ0) is 17.8. The molecule has 0 bridgehead atoms. The van der Waals surface area contributed by atoms with Gasteiger partial charge in [-0.05, 0) is 48.7 Å². The highest BCUT2D eigenvalue weighted by Crippen LogP contribution is 2.22. The predicted molar refractivity (Wildman–Crippen MR) is 98.6 cm³/mol. The molecule has 0 unspecified atom stereocenters. The van der Waals surface area contributed by atoms with Crippen LogP contribution in [0.25, 0.3) is 0 Å². The third kappa shape index (κ3) is 4.20. The van der Waals surface area contributed by atoms with E-state index in [4.69, 9.17) is 0 Å². The maximum absolute atomic E-state index is 12.4. The molecule has 1 aliphatic heterocycles. The second kappa shape index (κ2) is 7.70. The van der Waals surface area contributed by atoms with Crippen LogP contribution in [0.5, 0.6) is 5.75 Å². The number of carbonyl (C=O) groups is 2. The van der Waals surface area contributed by atoms with E-state index in [1.165, 1.54) is 6.07 Å². The van der Waals surface area contributed by atoms with Crippen molar-refractivity contribution in [2.24, 2.45) is 0 Å². The first-order chi connectivity index (χ1) is 12.0. The summed E-state index contributed by atoms with van der Waals surface area (Å²) in [5.74, 6) is -0.399. The van der Waals surface area contributed by atoms with Crippen molar-refractivity contribution < 1.29 is 14.7 Å². The molecule has 25 heavy (non-hydrogen) atoms. The van der Waals surface area contributed by atoms with E-state index in [0.717, 1.165) is 31.5 Å². The normalized spacial score (nSPS) is 13.7. The van der Waals surface area contributed by atoms with Gasteiger partial charge < -0.3 is 15.3 Å². The maximum atomic E-state index is 12.4. The molecule has 1 heterocycles. The lowest BCUT2D eigenvalue weighted by atomic mass is 10.1. The number of likely N-dealkylation sites (tertiary alicyclic amines) is 1. The Kier molecular flexibility index (Phi) is 5.38. The average molecular weight is 403 g/mol. The Bertz CT molecular complexity index is 801. The summed E-state index contributed by atoms with van der Waals surface area (Å²) >= 11 is 3.29. The molecule has 0 spiro atoms. The number of hydrogen-bond acceptors (Lipinski definition) is 3. The number of hydrogen-bond donors (Lipinski definition) is 2. The Labute approximate surface area is 154 Å². The molecule has 0 radical (unpaired) electrons. The number of aromatic hydroxyl groups is 1. The van der Waals surface area contributed by atoms with Gasteiger partial charge in [0.05, 0.1) is 5.56 Å². The Morgan fingerprint density at radius 3 is 2.64 bits per heavy atom. The second-order valence-corrected chi connectivity index (χ2v) is 6.96. The molecule has 5 nitrogen and oxygen atoms in total. The van der Waals surface area contributed by atoms with Crippen LogP contribution in [-0.2, 0) is 6.54 Å². The standard InChI is InChI=1S/C19H19BrN2O3/c20-15-6-7-17(23)16(11-15)18(24)21-12-13-4-3-5-14(10-13)19(25)22-8-1-2-9-22/h3-7,10-11,23H,1-2,8-9,12H2,(H,21,24). The Morgan fingerprint density at radius 2 is 1.88 bits per heavy atom. The maximum Gasteiger partial charge on any atom is 0.255 e. The van der Waals surface area contributed by atoms with Crippen LogP contribution in [0.15, 0.2) is 46.9 Å². The number of benzene rings is 2. The molecule has 2 aromatic rings. The molecule has 1 aliphatic rings. The van der Waals surface area contributed by atoms with Crippen LogP contribution in [0.1, 0.15) is 39.1 Å². The fourth-order valence-electron chi connectivity index (χ4n) is 2.88. The molecule has 0 aliphatic carbocycles. The summed E-state index contributed by atoms with van der Waals surface area (Å²) < 4.78 is 0.716. The molecule has 0 aromatic heterocycles. The lowest BCUT2D eigenvalue weighted by molar-refractivity contribution is 0.0792. The van der Waals surface area contributed by atoms with Crippen molar-refractivity contribution in [3.63, 3.8) is 0 Å². The minimum atomic E-state index is -0.366. The summed E-state index contributed by atoms with van der Waals surface area (Å²) in [6.45, 7) is 1.90. The first kappa shape index (κ1) is 17.5. The molecular formula is C19H19BrN2O3. The number of halogens is 1. The smallest absolute Gasteiger partial charge is 0.255 e. The van der Waals surface area contributed by atoms with E-state index in [1.807, 2.05) is 23.1 Å². The van der Waals surface area contributed by atoms with E-state index in [-0.39, 0.29) is 29.7 Å². The van der Waals surface area contributed by atoms with Crippen LogP contribution in [0.2, 0.25) is 0 Å². The van der Waals surface area contributed by atoms with Gasteiger partial charge in [-0.1, -0.05) is 28.1 Å². The summed E-state index contributed by atoms with van der Waals surface area (Å²) in [4.78, 5) is 26.6. The lowest BCUT2D eigenvalue weighted by Gasteiger charge is -2.15. The summed E-state index contributed by atoms with van der Waals surface area (Å²) in [7, 11) is 0. The summed E-state index contributed by atoms with van der Waals surface area (Å²) in [6, 6.07) is 12.0. The molecule has 1 saturated heterocycles. The van der Waals surface area contributed by atoms with Crippen molar-refractivity contribution in [3.05, 3.63) is 63.6 Å². The fourth-order valence-corrected chi connectivity index (χ4v) is 3.25. The van der Waals surface area contributed by atoms with Gasteiger partial charge in [-0.15, -0.1) is 0 Å². The van der Waals surface area contributed by atoms with Crippen molar-refractivity contribution >= 4 is 27.7 Å². The quantitative estimate of drug-likeness (QED) is 0.823. The van der Waals surface area contributed by atoms with Crippen LogP contribution in [0.4, 0.5) is 0 Å². The van der Waals surface area contributed by atoms with Gasteiger partial charge in [-0.2, -0.15) is 0 Å². The monoisotopic (exact) mass is 402 g/mol. The van der Waals surface area contributed by atoms with Gasteiger partial charge in [0.25, 0.3) is 11.8 Å². The molecule has 6 heteroatoms. The molecule has 2 amide bonds. The number of rotatable bonds is 4. The van der Waals surface area contributed by atoms with E-state index in [2.05, 4.69) is 21.2 Å². The van der Waals surface area contributed by atoms with Gasteiger partial charge in [0.1, 0.15) is 5.75 Å². The lowest BCUT2D eigenvalue weighted by Crippen LogP contribution is -2.28. The number of nitrogens with zero attached hydrogens (tertiary/aromatic N) is 1. The van der Waals surface area contributed by atoms with E-state index in [9.17, 15) is 14.7 Å². The summed E-state index contributed by atoms with van der Waals surface area (Å²) in [5, 5.41) is 12.6. The largest absolute Gasteiger partial charge is 0.507 e. The molecule has 0 atom stereocenters. The molecular weight excluding hydrogens is 384 g/mol. The number of phenolic OH excluding ortho intramolecular Hbond substituents is 1. The van der Waals surface area contributed by atoms with E-state index >= 15 is 0 Å². The fraction of sp³-hybridized carbons (Fsp3) is 0.263. The van der Waals surface area contributed by atoms with Gasteiger partial charge in [0.2, 0.25) is 0 Å². The van der Waals surface area contributed by atoms with Crippen LogP contribution in [-0.4, -0.2) is 34.9 Å². The Hall–Kier alpha value is -2.34. The molecule has 2 N–H and O–H groups in total. The average Bonchev–Trinajstić information content (AvgIpc) is 3.16. The topological polar surface area (TPSA) is 69.6 Å². The molecule has 2 aromatic carbocycles. The first-order valence-corrected chi connectivity index (χ1v) is 8.99. The summed E-state index contributed by atoms with van der Waals surface area (Å²) in [5.41, 5.74) is 1.69. The highest BCUT2D eigenvalue weighted by Gasteiger charge is 2.19. The summed E-state index contributed by atoms with van der Waals surface area (Å²) in [6.07, 6.45) is 2.11. The zero-order valence-electron chi connectivity index (χ0n) is 13.7. The van der Waals surface area contributed by atoms with Crippen molar-refractivity contribution in [3.8, 4) is 5.75 Å². The zero-order valence-corrected chi connectivity index (χ0v) is 15.3. The first-order valence-electron chi connectivity index (χ1n) is 8.19. The number of carbonyl (C=O) groups excluding carboxylic acids is 2. The van der Waals surface area contributed by atoms with Gasteiger partial charge >= 0.3 is 0 Å². The van der Waals surface area contributed by atoms with Crippen LogP contribution >= 0.6 is 15.9 Å². The van der Waals surface area contributed by atoms with E-state index < -0.39 is 0 Å². The van der Waals surface area contributed by atoms with E-state index in [0.29, 0.717) is 10.0 Å². The number of nitrogens with one attached hydrogen (secondary N) is 1.